The van der Waals surface area contributed by atoms with Crippen LogP contribution in [0, 0.1) is 6.92 Å². The van der Waals surface area contributed by atoms with Gasteiger partial charge in [-0.2, -0.15) is 15.0 Å². The van der Waals surface area contributed by atoms with Crippen LogP contribution < -0.4 is 10.4 Å². The quantitative estimate of drug-likeness (QED) is 0.853. The van der Waals surface area contributed by atoms with Crippen molar-refractivity contribution in [2.75, 3.05) is 17.0 Å². The Hall–Kier alpha value is -1.59. The van der Waals surface area contributed by atoms with Crippen molar-refractivity contribution >= 4 is 34.8 Å². The lowest BCUT2D eigenvalue weighted by Gasteiger charge is -2.24. The predicted octanol–water partition coefficient (Wildman–Crippen LogP) is 3.73. The number of nitrogens with zero attached hydrogens (tertiary/aromatic N) is 4. The zero-order valence-corrected chi connectivity index (χ0v) is 12.8. The number of halogens is 2. The largest absolute Gasteiger partial charge is 0.296 e. The summed E-state index contributed by atoms with van der Waals surface area (Å²) in [6.07, 6.45) is 0.916. The van der Waals surface area contributed by atoms with Gasteiger partial charge in [-0.3, -0.25) is 10.4 Å². The minimum atomic E-state index is 0.0761. The van der Waals surface area contributed by atoms with E-state index in [4.69, 9.17) is 23.2 Å². The SMILES string of the molecule is CCCN(Nc1cccc(C)c1)c1nc(Cl)nc(Cl)n1. The van der Waals surface area contributed by atoms with Crippen LogP contribution in [-0.2, 0) is 0 Å². The van der Waals surface area contributed by atoms with Gasteiger partial charge in [0, 0.05) is 6.54 Å². The molecule has 0 bridgehead atoms. The van der Waals surface area contributed by atoms with Crippen molar-refractivity contribution < 1.29 is 0 Å². The first-order valence-electron chi connectivity index (χ1n) is 6.26. The molecule has 0 unspecified atom stereocenters. The molecule has 0 spiro atoms. The summed E-state index contributed by atoms with van der Waals surface area (Å²) in [7, 11) is 0. The molecule has 7 heteroatoms. The Labute approximate surface area is 127 Å². The summed E-state index contributed by atoms with van der Waals surface area (Å²) in [6, 6.07) is 8.02. The van der Waals surface area contributed by atoms with Gasteiger partial charge < -0.3 is 0 Å². The summed E-state index contributed by atoms with van der Waals surface area (Å²) in [6.45, 7) is 4.81. The van der Waals surface area contributed by atoms with Crippen molar-refractivity contribution in [2.24, 2.45) is 0 Å². The van der Waals surface area contributed by atoms with Crippen LogP contribution in [0.15, 0.2) is 24.3 Å². The molecule has 0 amide bonds. The minimum Gasteiger partial charge on any atom is -0.296 e. The normalized spacial score (nSPS) is 10.4. The van der Waals surface area contributed by atoms with E-state index in [1.54, 1.807) is 5.01 Å². The maximum absolute atomic E-state index is 5.82. The van der Waals surface area contributed by atoms with E-state index in [0.717, 1.165) is 17.7 Å². The highest BCUT2D eigenvalue weighted by Crippen LogP contribution is 2.17. The second-order valence-corrected chi connectivity index (χ2v) is 4.98. The molecule has 2 aromatic rings. The van der Waals surface area contributed by atoms with Gasteiger partial charge in [-0.1, -0.05) is 19.1 Å². The van der Waals surface area contributed by atoms with E-state index < -0.39 is 0 Å². The van der Waals surface area contributed by atoms with Crippen LogP contribution in [0.25, 0.3) is 0 Å². The zero-order valence-electron chi connectivity index (χ0n) is 11.3. The van der Waals surface area contributed by atoms with Crippen LogP contribution in [0.5, 0.6) is 0 Å². The Balaban J connectivity index is 2.26. The number of hydrogen-bond acceptors (Lipinski definition) is 5. The highest BCUT2D eigenvalue weighted by Gasteiger charge is 2.12. The number of aryl methyl sites for hydroxylation is 1. The van der Waals surface area contributed by atoms with Crippen molar-refractivity contribution in [3.63, 3.8) is 0 Å². The average molecular weight is 312 g/mol. The molecule has 1 aromatic carbocycles. The van der Waals surface area contributed by atoms with Crippen LogP contribution in [-0.4, -0.2) is 21.5 Å². The van der Waals surface area contributed by atoms with Crippen molar-refractivity contribution in [3.05, 3.63) is 40.4 Å². The smallest absolute Gasteiger partial charge is 0.250 e. The van der Waals surface area contributed by atoms with Gasteiger partial charge in [0.2, 0.25) is 16.5 Å². The second kappa shape index (κ2) is 6.72. The molecule has 5 nitrogen and oxygen atoms in total. The number of rotatable bonds is 5. The highest BCUT2D eigenvalue weighted by molar-refractivity contribution is 6.31. The van der Waals surface area contributed by atoms with E-state index in [2.05, 4.69) is 27.3 Å². The minimum absolute atomic E-state index is 0.0761. The van der Waals surface area contributed by atoms with Crippen LogP contribution >= 0.6 is 23.2 Å². The van der Waals surface area contributed by atoms with Crippen LogP contribution in [0.1, 0.15) is 18.9 Å². The third-order valence-electron chi connectivity index (χ3n) is 2.54. The molecule has 1 aromatic heterocycles. The molecule has 0 saturated heterocycles. The standard InChI is InChI=1S/C13H15Cl2N5/c1-3-7-20(13-17-11(14)16-12(15)18-13)19-10-6-4-5-9(2)8-10/h4-6,8,19H,3,7H2,1-2H3. The first-order chi connectivity index (χ1) is 9.58. The molecule has 0 aliphatic heterocycles. The summed E-state index contributed by atoms with van der Waals surface area (Å²) < 4.78 is 0. The maximum Gasteiger partial charge on any atom is 0.250 e. The first kappa shape index (κ1) is 14.8. The van der Waals surface area contributed by atoms with Crippen LogP contribution in [0.4, 0.5) is 11.6 Å². The lowest BCUT2D eigenvalue weighted by Crippen LogP contribution is -2.32. The van der Waals surface area contributed by atoms with Gasteiger partial charge in [-0.05, 0) is 54.2 Å². The fourth-order valence-electron chi connectivity index (χ4n) is 1.74. The number of anilines is 2. The van der Waals surface area contributed by atoms with Crippen LogP contribution in [0.2, 0.25) is 10.6 Å². The van der Waals surface area contributed by atoms with E-state index in [-0.39, 0.29) is 10.6 Å². The van der Waals surface area contributed by atoms with E-state index in [0.29, 0.717) is 12.5 Å². The molecular weight excluding hydrogens is 297 g/mol. The first-order valence-corrected chi connectivity index (χ1v) is 7.02. The van der Waals surface area contributed by atoms with Gasteiger partial charge in [-0.15, -0.1) is 0 Å². The Morgan fingerprint density at radius 1 is 1.15 bits per heavy atom. The molecule has 0 atom stereocenters. The Kier molecular flexibility index (Phi) is 4.98. The summed E-state index contributed by atoms with van der Waals surface area (Å²) in [5.74, 6) is 0.401. The molecule has 2 rings (SSSR count). The molecule has 0 fully saturated rings. The predicted molar refractivity (Wildman–Crippen MR) is 82.3 cm³/mol. The van der Waals surface area contributed by atoms with E-state index >= 15 is 0 Å². The van der Waals surface area contributed by atoms with Crippen molar-refractivity contribution in [1.29, 1.82) is 0 Å². The molecule has 1 heterocycles. The highest BCUT2D eigenvalue weighted by atomic mass is 35.5. The van der Waals surface area contributed by atoms with Gasteiger partial charge in [0.1, 0.15) is 0 Å². The average Bonchev–Trinajstić information content (AvgIpc) is 2.37. The van der Waals surface area contributed by atoms with Crippen molar-refractivity contribution in [2.45, 2.75) is 20.3 Å². The third kappa shape index (κ3) is 3.95. The third-order valence-corrected chi connectivity index (χ3v) is 2.88. The van der Waals surface area contributed by atoms with Crippen LogP contribution in [0.3, 0.4) is 0 Å². The fraction of sp³-hybridized carbons (Fsp3) is 0.308. The molecule has 0 saturated carbocycles. The number of hydrogen-bond donors (Lipinski definition) is 1. The molecule has 0 radical (unpaired) electrons. The number of aromatic nitrogens is 3. The van der Waals surface area contributed by atoms with Gasteiger partial charge in [0.25, 0.3) is 0 Å². The number of hydrazine groups is 1. The van der Waals surface area contributed by atoms with E-state index in [1.165, 1.54) is 0 Å². The van der Waals surface area contributed by atoms with Crippen molar-refractivity contribution in [3.8, 4) is 0 Å². The maximum atomic E-state index is 5.82. The molecule has 106 valence electrons. The summed E-state index contributed by atoms with van der Waals surface area (Å²) in [5.41, 5.74) is 5.37. The fourth-order valence-corrected chi connectivity index (χ4v) is 2.09. The lowest BCUT2D eigenvalue weighted by atomic mass is 10.2. The Morgan fingerprint density at radius 3 is 2.45 bits per heavy atom. The van der Waals surface area contributed by atoms with Gasteiger partial charge in [0.05, 0.1) is 5.69 Å². The van der Waals surface area contributed by atoms with E-state index in [9.17, 15) is 0 Å². The van der Waals surface area contributed by atoms with E-state index in [1.807, 2.05) is 31.2 Å². The van der Waals surface area contributed by atoms with Gasteiger partial charge in [-0.25, -0.2) is 0 Å². The second-order valence-electron chi connectivity index (χ2n) is 4.31. The summed E-state index contributed by atoms with van der Waals surface area (Å²) in [5, 5.41) is 1.95. The summed E-state index contributed by atoms with van der Waals surface area (Å²) in [4.78, 5) is 11.9. The molecule has 20 heavy (non-hydrogen) atoms. The Morgan fingerprint density at radius 2 is 1.85 bits per heavy atom. The molecular formula is C13H15Cl2N5. The number of benzene rings is 1. The van der Waals surface area contributed by atoms with Crippen molar-refractivity contribution in [1.82, 2.24) is 15.0 Å². The summed E-state index contributed by atoms with van der Waals surface area (Å²) >= 11 is 11.6. The topological polar surface area (TPSA) is 53.9 Å². The zero-order chi connectivity index (χ0) is 14.5. The Bertz CT molecular complexity index is 570. The lowest BCUT2D eigenvalue weighted by molar-refractivity contribution is 0.802. The molecule has 1 N–H and O–H groups in total. The monoisotopic (exact) mass is 311 g/mol. The number of nitrogens with one attached hydrogen (secondary N) is 1. The molecule has 0 aliphatic carbocycles. The van der Waals surface area contributed by atoms with Gasteiger partial charge in [0.15, 0.2) is 0 Å². The molecule has 0 aliphatic rings. The van der Waals surface area contributed by atoms with Gasteiger partial charge >= 0.3 is 0 Å².